The molecule has 0 bridgehead atoms. The molecule has 0 saturated carbocycles. The molecule has 12 heteroatoms. The van der Waals surface area contributed by atoms with Gasteiger partial charge in [-0.05, 0) is 30.3 Å². The molecular formula is C12H11ClN2O6S3. The number of nitrogens with one attached hydrogen (secondary N) is 1. The van der Waals surface area contributed by atoms with E-state index in [0.29, 0.717) is 0 Å². The van der Waals surface area contributed by atoms with Crippen LogP contribution in [0.3, 0.4) is 0 Å². The van der Waals surface area contributed by atoms with E-state index in [1.165, 1.54) is 12.1 Å². The first-order valence-electron chi connectivity index (χ1n) is 6.08. The summed E-state index contributed by atoms with van der Waals surface area (Å²) in [7, 11) is -6.90. The second-order valence-electron chi connectivity index (χ2n) is 4.41. The largest absolute Gasteiger partial charge is 0.465 e. The maximum Gasteiger partial charge on any atom is 0.349 e. The summed E-state index contributed by atoms with van der Waals surface area (Å²) in [5.74, 6) is -0.836. The van der Waals surface area contributed by atoms with Crippen molar-refractivity contribution in [3.63, 3.8) is 0 Å². The lowest BCUT2D eigenvalue weighted by molar-refractivity contribution is 0.0602. The zero-order valence-electron chi connectivity index (χ0n) is 12.0. The lowest BCUT2D eigenvalue weighted by Crippen LogP contribution is -2.16. The van der Waals surface area contributed by atoms with E-state index in [4.69, 9.17) is 16.7 Å². The molecule has 0 unspecified atom stereocenters. The van der Waals surface area contributed by atoms with Crippen molar-refractivity contribution < 1.29 is 26.4 Å². The molecule has 0 aliphatic carbocycles. The number of primary sulfonamides is 1. The minimum atomic E-state index is -4.13. The van der Waals surface area contributed by atoms with Crippen molar-refractivity contribution in [3.05, 3.63) is 39.5 Å². The van der Waals surface area contributed by atoms with Gasteiger partial charge < -0.3 is 4.74 Å². The number of rotatable bonds is 5. The number of halogens is 1. The summed E-state index contributed by atoms with van der Waals surface area (Å²) in [6.07, 6.45) is 0. The SMILES string of the molecule is COC(=O)c1sc(Cl)cc1S(=O)(=O)Nc1ccc(S(N)(=O)=O)cc1. The van der Waals surface area contributed by atoms with Crippen LogP contribution in [0.15, 0.2) is 40.1 Å². The number of ether oxygens (including phenoxy) is 1. The van der Waals surface area contributed by atoms with Gasteiger partial charge in [0, 0.05) is 5.69 Å². The van der Waals surface area contributed by atoms with Crippen LogP contribution in [-0.4, -0.2) is 29.9 Å². The summed E-state index contributed by atoms with van der Waals surface area (Å²) in [6.45, 7) is 0. The van der Waals surface area contributed by atoms with Crippen molar-refractivity contribution in [2.75, 3.05) is 11.8 Å². The number of thiophene rings is 1. The standard InChI is InChI=1S/C12H11ClN2O6S3/c1-21-12(16)11-9(6-10(13)22-11)24(19,20)15-7-2-4-8(5-3-7)23(14,17)18/h2-6,15H,1H3,(H2,14,17,18). The van der Waals surface area contributed by atoms with Gasteiger partial charge in [-0.2, -0.15) is 0 Å². The fourth-order valence-electron chi connectivity index (χ4n) is 1.70. The molecule has 8 nitrogen and oxygen atoms in total. The molecular weight excluding hydrogens is 400 g/mol. The van der Waals surface area contributed by atoms with Crippen LogP contribution in [0.5, 0.6) is 0 Å². The van der Waals surface area contributed by atoms with E-state index < -0.39 is 26.0 Å². The van der Waals surface area contributed by atoms with E-state index in [0.717, 1.165) is 36.6 Å². The van der Waals surface area contributed by atoms with Crippen molar-refractivity contribution in [1.82, 2.24) is 0 Å². The monoisotopic (exact) mass is 410 g/mol. The molecule has 2 rings (SSSR count). The second kappa shape index (κ2) is 6.69. The van der Waals surface area contributed by atoms with Gasteiger partial charge in [-0.15, -0.1) is 11.3 Å². The average Bonchev–Trinajstić information content (AvgIpc) is 2.88. The Morgan fingerprint density at radius 2 is 1.79 bits per heavy atom. The molecule has 2 aromatic rings. The van der Waals surface area contributed by atoms with Crippen molar-refractivity contribution >= 4 is 54.6 Å². The van der Waals surface area contributed by atoms with Crippen LogP contribution in [0.2, 0.25) is 4.34 Å². The molecule has 0 spiro atoms. The number of carbonyl (C=O) groups is 1. The van der Waals surface area contributed by atoms with E-state index >= 15 is 0 Å². The first-order chi connectivity index (χ1) is 11.0. The zero-order valence-corrected chi connectivity index (χ0v) is 15.2. The van der Waals surface area contributed by atoms with E-state index in [9.17, 15) is 21.6 Å². The Kier molecular flexibility index (Phi) is 5.20. The van der Waals surface area contributed by atoms with Crippen LogP contribution >= 0.6 is 22.9 Å². The van der Waals surface area contributed by atoms with Crippen LogP contribution in [-0.2, 0) is 24.8 Å². The van der Waals surface area contributed by atoms with Crippen LogP contribution in [0, 0.1) is 0 Å². The fraction of sp³-hybridized carbons (Fsp3) is 0.0833. The Hall–Kier alpha value is -1.66. The summed E-state index contributed by atoms with van der Waals surface area (Å²) >= 11 is 6.55. The third kappa shape index (κ3) is 4.05. The minimum absolute atomic E-state index is 0.0838. The Morgan fingerprint density at radius 3 is 2.29 bits per heavy atom. The smallest absolute Gasteiger partial charge is 0.349 e. The lowest BCUT2D eigenvalue weighted by Gasteiger charge is -2.08. The number of sulfonamides is 2. The molecule has 24 heavy (non-hydrogen) atoms. The molecule has 1 heterocycles. The summed E-state index contributed by atoms with van der Waals surface area (Å²) in [6, 6.07) is 5.87. The summed E-state index contributed by atoms with van der Waals surface area (Å²) in [5, 5.41) is 4.97. The maximum atomic E-state index is 12.4. The van der Waals surface area contributed by atoms with Crippen molar-refractivity contribution in [2.24, 2.45) is 5.14 Å². The Morgan fingerprint density at radius 1 is 1.21 bits per heavy atom. The lowest BCUT2D eigenvalue weighted by atomic mass is 10.3. The molecule has 0 aliphatic heterocycles. The van der Waals surface area contributed by atoms with Crippen LogP contribution in [0.4, 0.5) is 5.69 Å². The normalized spacial score (nSPS) is 12.0. The van der Waals surface area contributed by atoms with Gasteiger partial charge in [0.05, 0.1) is 16.3 Å². The molecule has 1 aromatic heterocycles. The first-order valence-corrected chi connectivity index (χ1v) is 10.3. The fourth-order valence-corrected chi connectivity index (χ4v) is 5.01. The van der Waals surface area contributed by atoms with Crippen molar-refractivity contribution in [1.29, 1.82) is 0 Å². The van der Waals surface area contributed by atoms with Crippen LogP contribution < -0.4 is 9.86 Å². The molecule has 0 fully saturated rings. The Balaban J connectivity index is 2.37. The number of benzene rings is 1. The number of anilines is 1. The third-order valence-corrected chi connectivity index (χ3v) is 6.47. The van der Waals surface area contributed by atoms with E-state index in [1.54, 1.807) is 0 Å². The highest BCUT2D eigenvalue weighted by Gasteiger charge is 2.26. The van der Waals surface area contributed by atoms with Gasteiger partial charge in [0.15, 0.2) is 0 Å². The molecule has 130 valence electrons. The predicted molar refractivity (Wildman–Crippen MR) is 89.3 cm³/mol. The van der Waals surface area contributed by atoms with E-state index in [2.05, 4.69) is 9.46 Å². The third-order valence-electron chi connectivity index (χ3n) is 2.76. The predicted octanol–water partition coefficient (Wildman–Crippen LogP) is 1.64. The quantitative estimate of drug-likeness (QED) is 0.720. The summed E-state index contributed by atoms with van der Waals surface area (Å²) < 4.78 is 54.1. The Bertz CT molecular complexity index is 980. The van der Waals surface area contributed by atoms with Gasteiger partial charge >= 0.3 is 5.97 Å². The number of hydrogen-bond donors (Lipinski definition) is 2. The van der Waals surface area contributed by atoms with Crippen molar-refractivity contribution in [3.8, 4) is 0 Å². The number of esters is 1. The van der Waals surface area contributed by atoms with Gasteiger partial charge in [0.25, 0.3) is 10.0 Å². The summed E-state index contributed by atoms with van der Waals surface area (Å²) in [5.41, 5.74) is 0.0838. The van der Waals surface area contributed by atoms with E-state index in [1.807, 2.05) is 0 Å². The second-order valence-corrected chi connectivity index (χ2v) is 9.31. The topological polar surface area (TPSA) is 133 Å². The molecule has 0 atom stereocenters. The molecule has 0 radical (unpaired) electrons. The maximum absolute atomic E-state index is 12.4. The minimum Gasteiger partial charge on any atom is -0.465 e. The van der Waals surface area contributed by atoms with Crippen LogP contribution in [0.25, 0.3) is 0 Å². The van der Waals surface area contributed by atoms with Gasteiger partial charge in [0.1, 0.15) is 9.77 Å². The van der Waals surface area contributed by atoms with Crippen molar-refractivity contribution in [2.45, 2.75) is 9.79 Å². The summed E-state index contributed by atoms with van der Waals surface area (Å²) in [4.78, 5) is 11.0. The highest BCUT2D eigenvalue weighted by Crippen LogP contribution is 2.32. The first kappa shape index (κ1) is 18.7. The molecule has 1 aromatic carbocycles. The highest BCUT2D eigenvalue weighted by molar-refractivity contribution is 7.93. The van der Waals surface area contributed by atoms with E-state index in [-0.39, 0.29) is 24.7 Å². The average molecular weight is 411 g/mol. The zero-order chi connectivity index (χ0) is 18.1. The van der Waals surface area contributed by atoms with Crippen LogP contribution in [0.1, 0.15) is 9.67 Å². The number of hydrogen-bond acceptors (Lipinski definition) is 7. The van der Waals surface area contributed by atoms with Gasteiger partial charge in [-0.1, -0.05) is 11.6 Å². The molecule has 0 saturated heterocycles. The number of methoxy groups -OCH3 is 1. The van der Waals surface area contributed by atoms with Gasteiger partial charge in [-0.3, -0.25) is 4.72 Å². The number of nitrogens with two attached hydrogens (primary N) is 1. The van der Waals surface area contributed by atoms with Gasteiger partial charge in [0.2, 0.25) is 10.0 Å². The molecule has 0 aliphatic rings. The highest BCUT2D eigenvalue weighted by atomic mass is 35.5. The Labute approximate surface area is 147 Å². The molecule has 0 amide bonds. The molecule has 3 N–H and O–H groups in total. The van der Waals surface area contributed by atoms with Gasteiger partial charge in [-0.25, -0.2) is 26.8 Å². The number of carbonyl (C=O) groups excluding carboxylic acids is 1.